The van der Waals surface area contributed by atoms with Gasteiger partial charge in [-0.15, -0.1) is 11.3 Å². The molecule has 0 aliphatic carbocycles. The van der Waals surface area contributed by atoms with E-state index in [0.29, 0.717) is 5.01 Å². The van der Waals surface area contributed by atoms with Crippen molar-refractivity contribution in [2.24, 2.45) is 0 Å². The quantitative estimate of drug-likeness (QED) is 0.905. The number of aromatic nitrogens is 1. The minimum absolute atomic E-state index is 0.127. The molecule has 1 aromatic carbocycles. The van der Waals surface area contributed by atoms with Crippen LogP contribution in [0.3, 0.4) is 0 Å². The van der Waals surface area contributed by atoms with Crippen molar-refractivity contribution in [3.8, 4) is 5.75 Å². The van der Waals surface area contributed by atoms with Gasteiger partial charge in [-0.25, -0.2) is 4.98 Å². The molecule has 1 N–H and O–H groups in total. The third kappa shape index (κ3) is 3.05. The third-order valence-corrected chi connectivity index (χ3v) is 3.06. The Kier molecular flexibility index (Phi) is 3.76. The summed E-state index contributed by atoms with van der Waals surface area (Å²) in [4.78, 5) is 4.11. The molecule has 2 rings (SSSR count). The van der Waals surface area contributed by atoms with Crippen LogP contribution in [0.2, 0.25) is 0 Å². The molecule has 0 saturated heterocycles. The second-order valence-electron chi connectivity index (χ2n) is 4.01. The van der Waals surface area contributed by atoms with E-state index in [0.717, 1.165) is 11.3 Å². The lowest BCUT2D eigenvalue weighted by atomic mass is 10.1. The molecule has 90 valence electrons. The van der Waals surface area contributed by atoms with Crippen molar-refractivity contribution < 1.29 is 9.84 Å². The molecule has 17 heavy (non-hydrogen) atoms. The molecule has 4 heteroatoms. The fourth-order valence-corrected chi connectivity index (χ4v) is 2.19. The molecular weight excluding hydrogens is 234 g/mol. The van der Waals surface area contributed by atoms with Crippen molar-refractivity contribution in [3.05, 3.63) is 46.4 Å². The summed E-state index contributed by atoms with van der Waals surface area (Å²) in [5.74, 6) is 0.771. The molecule has 1 unspecified atom stereocenters. The molecule has 0 amide bonds. The van der Waals surface area contributed by atoms with E-state index in [9.17, 15) is 5.11 Å². The Hall–Kier alpha value is -1.39. The Morgan fingerprint density at radius 1 is 1.35 bits per heavy atom. The van der Waals surface area contributed by atoms with Crippen molar-refractivity contribution in [3.63, 3.8) is 0 Å². The highest BCUT2D eigenvalue weighted by molar-refractivity contribution is 7.09. The topological polar surface area (TPSA) is 42.4 Å². The minimum atomic E-state index is -0.675. The Morgan fingerprint density at radius 2 is 2.18 bits per heavy atom. The van der Waals surface area contributed by atoms with E-state index < -0.39 is 6.10 Å². The van der Waals surface area contributed by atoms with E-state index in [1.807, 2.05) is 43.5 Å². The standard InChI is InChI=1S/C13H15NO2S/c1-9(2)16-11-5-3-4-10(8-11)12(15)13-14-6-7-17-13/h3-9,12,15H,1-2H3. The lowest BCUT2D eigenvalue weighted by molar-refractivity contribution is 0.216. The van der Waals surface area contributed by atoms with Crippen LogP contribution in [0.5, 0.6) is 5.75 Å². The highest BCUT2D eigenvalue weighted by atomic mass is 32.1. The maximum absolute atomic E-state index is 10.1. The normalized spacial score (nSPS) is 12.7. The molecular formula is C13H15NO2S. The van der Waals surface area contributed by atoms with E-state index in [4.69, 9.17) is 4.74 Å². The Labute approximate surface area is 105 Å². The zero-order chi connectivity index (χ0) is 12.3. The molecule has 1 aromatic heterocycles. The number of aliphatic hydroxyl groups is 1. The molecule has 0 saturated carbocycles. The third-order valence-electron chi connectivity index (χ3n) is 2.23. The summed E-state index contributed by atoms with van der Waals surface area (Å²) in [6, 6.07) is 7.49. The Balaban J connectivity index is 2.21. The summed E-state index contributed by atoms with van der Waals surface area (Å²) in [7, 11) is 0. The van der Waals surface area contributed by atoms with E-state index in [1.54, 1.807) is 6.20 Å². The number of ether oxygens (including phenoxy) is 1. The average Bonchev–Trinajstić information content (AvgIpc) is 2.81. The van der Waals surface area contributed by atoms with Gasteiger partial charge in [-0.3, -0.25) is 0 Å². The summed E-state index contributed by atoms with van der Waals surface area (Å²) < 4.78 is 5.59. The maximum atomic E-state index is 10.1. The predicted molar refractivity (Wildman–Crippen MR) is 68.4 cm³/mol. The summed E-state index contributed by atoms with van der Waals surface area (Å²) in [5.41, 5.74) is 0.804. The second-order valence-corrected chi connectivity index (χ2v) is 4.94. The van der Waals surface area contributed by atoms with Crippen molar-refractivity contribution in [2.75, 3.05) is 0 Å². The lowest BCUT2D eigenvalue weighted by Gasteiger charge is -2.13. The van der Waals surface area contributed by atoms with Gasteiger partial charge >= 0.3 is 0 Å². The molecule has 0 bridgehead atoms. The maximum Gasteiger partial charge on any atom is 0.131 e. The summed E-state index contributed by atoms with van der Waals surface area (Å²) in [6.45, 7) is 3.95. The van der Waals surface area contributed by atoms with Gasteiger partial charge in [-0.2, -0.15) is 0 Å². The van der Waals surface area contributed by atoms with Gasteiger partial charge in [0, 0.05) is 11.6 Å². The Bertz CT molecular complexity index is 468. The van der Waals surface area contributed by atoms with E-state index in [1.165, 1.54) is 11.3 Å². The molecule has 0 fully saturated rings. The van der Waals surface area contributed by atoms with Gasteiger partial charge in [-0.05, 0) is 31.5 Å². The fraction of sp³-hybridized carbons (Fsp3) is 0.308. The summed E-state index contributed by atoms with van der Waals surface area (Å²) >= 11 is 1.44. The van der Waals surface area contributed by atoms with Gasteiger partial charge < -0.3 is 9.84 Å². The highest BCUT2D eigenvalue weighted by Crippen LogP contribution is 2.26. The number of nitrogens with zero attached hydrogens (tertiary/aromatic N) is 1. The lowest BCUT2D eigenvalue weighted by Crippen LogP contribution is -2.06. The first kappa shape index (κ1) is 12.1. The molecule has 0 aliphatic heterocycles. The molecule has 1 heterocycles. The van der Waals surface area contributed by atoms with Gasteiger partial charge in [0.1, 0.15) is 16.9 Å². The van der Waals surface area contributed by atoms with Crippen LogP contribution >= 0.6 is 11.3 Å². The van der Waals surface area contributed by atoms with E-state index in [-0.39, 0.29) is 6.10 Å². The van der Waals surface area contributed by atoms with E-state index >= 15 is 0 Å². The van der Waals surface area contributed by atoms with Crippen molar-refractivity contribution in [1.82, 2.24) is 4.98 Å². The SMILES string of the molecule is CC(C)Oc1cccc(C(O)c2nccs2)c1. The number of benzene rings is 1. The fourth-order valence-electron chi connectivity index (χ4n) is 1.54. The first-order valence-corrected chi connectivity index (χ1v) is 6.39. The van der Waals surface area contributed by atoms with Crippen molar-refractivity contribution in [2.45, 2.75) is 26.1 Å². The summed E-state index contributed by atoms with van der Waals surface area (Å²) in [5, 5.41) is 12.7. The number of hydrogen-bond donors (Lipinski definition) is 1. The number of aliphatic hydroxyl groups excluding tert-OH is 1. The molecule has 1 atom stereocenters. The van der Waals surface area contributed by atoms with Crippen LogP contribution in [0, 0.1) is 0 Å². The minimum Gasteiger partial charge on any atom is -0.491 e. The zero-order valence-corrected chi connectivity index (χ0v) is 10.6. The first-order valence-electron chi connectivity index (χ1n) is 5.51. The molecule has 3 nitrogen and oxygen atoms in total. The highest BCUT2D eigenvalue weighted by Gasteiger charge is 2.13. The van der Waals surface area contributed by atoms with Gasteiger partial charge in [0.2, 0.25) is 0 Å². The monoisotopic (exact) mass is 249 g/mol. The van der Waals surface area contributed by atoms with Gasteiger partial charge in [0.15, 0.2) is 0 Å². The number of thiazole rings is 1. The van der Waals surface area contributed by atoms with Crippen LogP contribution in [-0.4, -0.2) is 16.2 Å². The van der Waals surface area contributed by atoms with Crippen LogP contribution in [0.25, 0.3) is 0 Å². The Morgan fingerprint density at radius 3 is 2.82 bits per heavy atom. The number of rotatable bonds is 4. The summed E-state index contributed by atoms with van der Waals surface area (Å²) in [6.07, 6.45) is 1.14. The van der Waals surface area contributed by atoms with E-state index in [2.05, 4.69) is 4.98 Å². The van der Waals surface area contributed by atoms with Gasteiger partial charge in [0.25, 0.3) is 0 Å². The zero-order valence-electron chi connectivity index (χ0n) is 9.83. The molecule has 0 spiro atoms. The smallest absolute Gasteiger partial charge is 0.131 e. The second kappa shape index (κ2) is 5.29. The molecule has 0 radical (unpaired) electrons. The van der Waals surface area contributed by atoms with Crippen LogP contribution < -0.4 is 4.74 Å². The van der Waals surface area contributed by atoms with Gasteiger partial charge in [-0.1, -0.05) is 12.1 Å². The molecule has 0 aliphatic rings. The number of hydrogen-bond acceptors (Lipinski definition) is 4. The predicted octanol–water partition coefficient (Wildman–Crippen LogP) is 3.01. The largest absolute Gasteiger partial charge is 0.491 e. The van der Waals surface area contributed by atoms with Crippen molar-refractivity contribution >= 4 is 11.3 Å². The van der Waals surface area contributed by atoms with Crippen LogP contribution in [0.4, 0.5) is 0 Å². The average molecular weight is 249 g/mol. The van der Waals surface area contributed by atoms with Gasteiger partial charge in [0.05, 0.1) is 6.10 Å². The molecule has 2 aromatic rings. The van der Waals surface area contributed by atoms with Crippen LogP contribution in [0.15, 0.2) is 35.8 Å². The van der Waals surface area contributed by atoms with Crippen LogP contribution in [0.1, 0.15) is 30.5 Å². The van der Waals surface area contributed by atoms with Crippen LogP contribution in [-0.2, 0) is 0 Å². The first-order chi connectivity index (χ1) is 8.16. The van der Waals surface area contributed by atoms with Crippen molar-refractivity contribution in [1.29, 1.82) is 0 Å².